The molecule has 0 aliphatic heterocycles. The zero-order valence-electron chi connectivity index (χ0n) is 8.63. The number of anilines is 2. The van der Waals surface area contributed by atoms with Crippen LogP contribution < -0.4 is 10.6 Å². The van der Waals surface area contributed by atoms with Gasteiger partial charge < -0.3 is 10.6 Å². The first kappa shape index (κ1) is 11.0. The molecular formula is C9H15ClN4. The largest absolute Gasteiger partial charge is 0.368 e. The van der Waals surface area contributed by atoms with Crippen LogP contribution in [0.1, 0.15) is 20.8 Å². The molecule has 1 heterocycles. The van der Waals surface area contributed by atoms with Crippen molar-refractivity contribution in [2.24, 2.45) is 0 Å². The molecule has 1 rings (SSSR count). The Labute approximate surface area is 89.1 Å². The molecule has 0 bridgehead atoms. The number of hydrogen-bond acceptors (Lipinski definition) is 4. The molecule has 0 radical (unpaired) electrons. The molecule has 0 unspecified atom stereocenters. The molecule has 5 heteroatoms. The minimum absolute atomic E-state index is 0.329. The Bertz CT molecular complexity index is 301. The third-order valence-corrected chi connectivity index (χ3v) is 1.66. The topological polar surface area (TPSA) is 49.8 Å². The lowest BCUT2D eigenvalue weighted by molar-refractivity contribution is 0.886. The Morgan fingerprint density at radius 3 is 2.71 bits per heavy atom. The number of hydrogen-bond donors (Lipinski definition) is 2. The quantitative estimate of drug-likeness (QED) is 0.756. The van der Waals surface area contributed by atoms with E-state index in [1.54, 1.807) is 6.07 Å². The van der Waals surface area contributed by atoms with Crippen molar-refractivity contribution in [2.75, 3.05) is 17.2 Å². The van der Waals surface area contributed by atoms with Crippen molar-refractivity contribution >= 4 is 23.4 Å². The lowest BCUT2D eigenvalue weighted by Crippen LogP contribution is -2.12. The number of halogens is 1. The Hall–Kier alpha value is -1.03. The Balaban J connectivity index is 2.83. The van der Waals surface area contributed by atoms with Crippen LogP contribution in [-0.2, 0) is 0 Å². The second kappa shape index (κ2) is 5.00. The molecule has 0 aliphatic rings. The van der Waals surface area contributed by atoms with Crippen LogP contribution in [0.15, 0.2) is 6.07 Å². The summed E-state index contributed by atoms with van der Waals surface area (Å²) in [5.74, 6) is 1.30. The first-order chi connectivity index (χ1) is 6.61. The average Bonchev–Trinajstić information content (AvgIpc) is 2.01. The maximum Gasteiger partial charge on any atom is 0.226 e. The van der Waals surface area contributed by atoms with Crippen LogP contribution in [0, 0.1) is 0 Å². The van der Waals surface area contributed by atoms with Gasteiger partial charge in [0.1, 0.15) is 11.0 Å². The summed E-state index contributed by atoms with van der Waals surface area (Å²) in [5, 5.41) is 6.63. The predicted molar refractivity (Wildman–Crippen MR) is 60.0 cm³/mol. The van der Waals surface area contributed by atoms with Gasteiger partial charge in [0.15, 0.2) is 0 Å². The van der Waals surface area contributed by atoms with E-state index in [2.05, 4.69) is 20.6 Å². The summed E-state index contributed by atoms with van der Waals surface area (Å²) >= 11 is 5.84. The van der Waals surface area contributed by atoms with Crippen LogP contribution in [0.2, 0.25) is 5.15 Å². The highest BCUT2D eigenvalue weighted by molar-refractivity contribution is 6.29. The SMILES string of the molecule is CCNc1nc(Cl)cc(NC(C)C)n1. The number of nitrogens with one attached hydrogen (secondary N) is 2. The average molecular weight is 215 g/mol. The summed E-state index contributed by atoms with van der Waals surface area (Å²) in [5.41, 5.74) is 0. The normalized spacial score (nSPS) is 10.4. The van der Waals surface area contributed by atoms with Gasteiger partial charge in [-0.2, -0.15) is 4.98 Å². The highest BCUT2D eigenvalue weighted by Gasteiger charge is 2.02. The molecule has 1 aromatic heterocycles. The molecule has 2 N–H and O–H groups in total. The van der Waals surface area contributed by atoms with Crippen LogP contribution in [0.5, 0.6) is 0 Å². The summed E-state index contributed by atoms with van der Waals surface area (Å²) in [4.78, 5) is 8.28. The van der Waals surface area contributed by atoms with E-state index in [0.29, 0.717) is 17.1 Å². The van der Waals surface area contributed by atoms with Crippen LogP contribution in [0.4, 0.5) is 11.8 Å². The third-order valence-electron chi connectivity index (χ3n) is 1.47. The molecule has 1 aromatic rings. The first-order valence-corrected chi connectivity index (χ1v) is 5.04. The zero-order valence-corrected chi connectivity index (χ0v) is 9.39. The van der Waals surface area contributed by atoms with Crippen LogP contribution in [-0.4, -0.2) is 22.6 Å². The van der Waals surface area contributed by atoms with E-state index >= 15 is 0 Å². The number of aromatic nitrogens is 2. The van der Waals surface area contributed by atoms with Crippen molar-refractivity contribution in [2.45, 2.75) is 26.8 Å². The zero-order chi connectivity index (χ0) is 10.6. The molecule has 0 aliphatic carbocycles. The van der Waals surface area contributed by atoms with E-state index in [1.165, 1.54) is 0 Å². The molecule has 4 nitrogen and oxygen atoms in total. The molecular weight excluding hydrogens is 200 g/mol. The smallest absolute Gasteiger partial charge is 0.226 e. The van der Waals surface area contributed by atoms with Crippen molar-refractivity contribution < 1.29 is 0 Å². The minimum atomic E-state index is 0.329. The van der Waals surface area contributed by atoms with Gasteiger partial charge in [-0.15, -0.1) is 0 Å². The van der Waals surface area contributed by atoms with Crippen molar-refractivity contribution in [3.63, 3.8) is 0 Å². The van der Waals surface area contributed by atoms with Gasteiger partial charge in [0, 0.05) is 18.7 Å². The van der Waals surface area contributed by atoms with Gasteiger partial charge in [0.2, 0.25) is 5.95 Å². The molecule has 0 aromatic carbocycles. The standard InChI is InChI=1S/C9H15ClN4/c1-4-11-9-13-7(10)5-8(14-9)12-6(2)3/h5-6H,4H2,1-3H3,(H2,11,12,13,14). The molecule has 0 saturated carbocycles. The lowest BCUT2D eigenvalue weighted by atomic mass is 10.4. The molecule has 14 heavy (non-hydrogen) atoms. The maximum absolute atomic E-state index is 5.84. The second-order valence-corrected chi connectivity index (χ2v) is 3.62. The minimum Gasteiger partial charge on any atom is -0.368 e. The van der Waals surface area contributed by atoms with E-state index in [1.807, 2.05) is 20.8 Å². The molecule has 0 fully saturated rings. The molecule has 0 amide bonds. The van der Waals surface area contributed by atoms with Crippen molar-refractivity contribution in [3.05, 3.63) is 11.2 Å². The second-order valence-electron chi connectivity index (χ2n) is 3.23. The van der Waals surface area contributed by atoms with Gasteiger partial charge in [-0.1, -0.05) is 11.6 Å². The lowest BCUT2D eigenvalue weighted by Gasteiger charge is -2.10. The van der Waals surface area contributed by atoms with Gasteiger partial charge in [-0.3, -0.25) is 0 Å². The highest BCUT2D eigenvalue weighted by atomic mass is 35.5. The van der Waals surface area contributed by atoms with Crippen LogP contribution in [0.25, 0.3) is 0 Å². The summed E-state index contributed by atoms with van der Waals surface area (Å²) in [7, 11) is 0. The summed E-state index contributed by atoms with van der Waals surface area (Å²) in [6, 6.07) is 2.04. The Morgan fingerprint density at radius 1 is 1.43 bits per heavy atom. The third kappa shape index (κ3) is 3.38. The van der Waals surface area contributed by atoms with E-state index in [9.17, 15) is 0 Å². The molecule has 0 saturated heterocycles. The van der Waals surface area contributed by atoms with Gasteiger partial charge in [-0.05, 0) is 20.8 Å². The van der Waals surface area contributed by atoms with Gasteiger partial charge in [-0.25, -0.2) is 4.98 Å². The molecule has 0 spiro atoms. The fourth-order valence-electron chi connectivity index (χ4n) is 1.02. The summed E-state index contributed by atoms with van der Waals surface area (Å²) < 4.78 is 0. The van der Waals surface area contributed by atoms with E-state index in [-0.39, 0.29) is 0 Å². The van der Waals surface area contributed by atoms with Gasteiger partial charge in [0.05, 0.1) is 0 Å². The predicted octanol–water partition coefficient (Wildman–Crippen LogP) is 2.38. The summed E-state index contributed by atoms with van der Waals surface area (Å²) in [6.07, 6.45) is 0. The first-order valence-electron chi connectivity index (χ1n) is 4.66. The monoisotopic (exact) mass is 214 g/mol. The van der Waals surface area contributed by atoms with Crippen molar-refractivity contribution in [1.29, 1.82) is 0 Å². The maximum atomic E-state index is 5.84. The fourth-order valence-corrected chi connectivity index (χ4v) is 1.21. The van der Waals surface area contributed by atoms with Gasteiger partial charge >= 0.3 is 0 Å². The van der Waals surface area contributed by atoms with E-state index in [4.69, 9.17) is 11.6 Å². The van der Waals surface area contributed by atoms with Crippen LogP contribution in [0.3, 0.4) is 0 Å². The van der Waals surface area contributed by atoms with E-state index < -0.39 is 0 Å². The number of rotatable bonds is 4. The Kier molecular flexibility index (Phi) is 3.95. The summed E-state index contributed by atoms with van der Waals surface area (Å²) in [6.45, 7) is 6.85. The van der Waals surface area contributed by atoms with E-state index in [0.717, 1.165) is 12.4 Å². The van der Waals surface area contributed by atoms with Crippen molar-refractivity contribution in [3.8, 4) is 0 Å². The molecule has 78 valence electrons. The van der Waals surface area contributed by atoms with Crippen molar-refractivity contribution in [1.82, 2.24) is 9.97 Å². The molecule has 0 atom stereocenters. The fraction of sp³-hybridized carbons (Fsp3) is 0.556. The highest BCUT2D eigenvalue weighted by Crippen LogP contribution is 2.14. The Morgan fingerprint density at radius 2 is 2.14 bits per heavy atom. The van der Waals surface area contributed by atoms with Crippen LogP contribution >= 0.6 is 11.6 Å². The number of nitrogens with zero attached hydrogens (tertiary/aromatic N) is 2. The van der Waals surface area contributed by atoms with Gasteiger partial charge in [0.25, 0.3) is 0 Å².